The van der Waals surface area contributed by atoms with E-state index in [9.17, 15) is 12.8 Å². The number of hydrogen-bond acceptors (Lipinski definition) is 3. The summed E-state index contributed by atoms with van der Waals surface area (Å²) >= 11 is 0. The molecule has 1 aliphatic rings. The Morgan fingerprint density at radius 2 is 1.58 bits per heavy atom. The number of nitrogens with zero attached hydrogens (tertiary/aromatic N) is 2. The monoisotopic (exact) mass is 376 g/mol. The van der Waals surface area contributed by atoms with Crippen molar-refractivity contribution in [2.24, 2.45) is 5.92 Å². The highest BCUT2D eigenvalue weighted by Gasteiger charge is 2.29. The Morgan fingerprint density at radius 1 is 0.962 bits per heavy atom. The lowest BCUT2D eigenvalue weighted by Gasteiger charge is -2.35. The van der Waals surface area contributed by atoms with Gasteiger partial charge in [0.05, 0.1) is 10.6 Å². The van der Waals surface area contributed by atoms with Crippen molar-refractivity contribution >= 4 is 15.7 Å². The van der Waals surface area contributed by atoms with E-state index in [1.165, 1.54) is 10.4 Å². The van der Waals surface area contributed by atoms with Crippen molar-refractivity contribution in [1.29, 1.82) is 0 Å². The first kappa shape index (κ1) is 18.9. The van der Waals surface area contributed by atoms with E-state index >= 15 is 0 Å². The molecule has 1 saturated heterocycles. The smallest absolute Gasteiger partial charge is 0.243 e. The molecule has 2 aromatic carbocycles. The number of rotatable bonds is 5. The molecule has 0 amide bonds. The highest BCUT2D eigenvalue weighted by Crippen LogP contribution is 2.23. The van der Waals surface area contributed by atoms with Gasteiger partial charge in [-0.05, 0) is 42.2 Å². The number of anilines is 1. The van der Waals surface area contributed by atoms with E-state index in [1.54, 1.807) is 30.3 Å². The number of halogens is 1. The largest absolute Gasteiger partial charge is 0.367 e. The van der Waals surface area contributed by atoms with Crippen molar-refractivity contribution in [3.8, 4) is 0 Å². The highest BCUT2D eigenvalue weighted by atomic mass is 32.2. The van der Waals surface area contributed by atoms with Gasteiger partial charge in [0.25, 0.3) is 0 Å². The molecule has 0 aliphatic carbocycles. The van der Waals surface area contributed by atoms with E-state index < -0.39 is 10.0 Å². The van der Waals surface area contributed by atoms with Gasteiger partial charge in [0.15, 0.2) is 0 Å². The first-order valence-electron chi connectivity index (χ1n) is 8.96. The molecule has 26 heavy (non-hydrogen) atoms. The standard InChI is InChI=1S/C20H25FN2O2S/c1-16(2)15-17-7-9-18(10-8-17)26(24,25)23-13-11-22(12-14-23)20-6-4-3-5-19(20)21/h3-10,16H,11-15H2,1-2H3. The summed E-state index contributed by atoms with van der Waals surface area (Å²) in [7, 11) is -3.51. The van der Waals surface area contributed by atoms with Gasteiger partial charge in [0.2, 0.25) is 10.0 Å². The lowest BCUT2D eigenvalue weighted by atomic mass is 10.0. The molecule has 4 nitrogen and oxygen atoms in total. The molecule has 0 saturated carbocycles. The van der Waals surface area contributed by atoms with E-state index in [4.69, 9.17) is 0 Å². The van der Waals surface area contributed by atoms with Gasteiger partial charge in [-0.3, -0.25) is 0 Å². The topological polar surface area (TPSA) is 40.6 Å². The van der Waals surface area contributed by atoms with Gasteiger partial charge < -0.3 is 4.90 Å². The Labute approximate surface area is 155 Å². The Kier molecular flexibility index (Phi) is 5.63. The van der Waals surface area contributed by atoms with Gasteiger partial charge in [-0.15, -0.1) is 0 Å². The molecule has 1 fully saturated rings. The summed E-state index contributed by atoms with van der Waals surface area (Å²) in [6, 6.07) is 13.8. The van der Waals surface area contributed by atoms with Crippen molar-refractivity contribution < 1.29 is 12.8 Å². The van der Waals surface area contributed by atoms with E-state index in [-0.39, 0.29) is 5.82 Å². The number of hydrogen-bond donors (Lipinski definition) is 0. The molecule has 140 valence electrons. The zero-order valence-corrected chi connectivity index (χ0v) is 16.0. The zero-order chi connectivity index (χ0) is 18.7. The van der Waals surface area contributed by atoms with E-state index in [1.807, 2.05) is 17.0 Å². The van der Waals surface area contributed by atoms with Gasteiger partial charge >= 0.3 is 0 Å². The quantitative estimate of drug-likeness (QED) is 0.801. The molecule has 0 bridgehead atoms. The average Bonchev–Trinajstić information content (AvgIpc) is 2.62. The lowest BCUT2D eigenvalue weighted by molar-refractivity contribution is 0.383. The van der Waals surface area contributed by atoms with Gasteiger partial charge in [-0.25, -0.2) is 12.8 Å². The van der Waals surface area contributed by atoms with Gasteiger partial charge in [-0.2, -0.15) is 4.31 Å². The number of benzene rings is 2. The number of piperazine rings is 1. The average molecular weight is 376 g/mol. The predicted molar refractivity (Wildman–Crippen MR) is 102 cm³/mol. The highest BCUT2D eigenvalue weighted by molar-refractivity contribution is 7.89. The Morgan fingerprint density at radius 3 is 2.15 bits per heavy atom. The van der Waals surface area contributed by atoms with Gasteiger partial charge in [0, 0.05) is 26.2 Å². The van der Waals surface area contributed by atoms with E-state index in [2.05, 4.69) is 13.8 Å². The van der Waals surface area contributed by atoms with Crippen LogP contribution in [0, 0.1) is 11.7 Å². The van der Waals surface area contributed by atoms with E-state index in [0.717, 1.165) is 12.0 Å². The van der Waals surface area contributed by atoms with Crippen LogP contribution in [-0.2, 0) is 16.4 Å². The predicted octanol–water partition coefficient (Wildman–Crippen LogP) is 3.54. The molecule has 3 rings (SSSR count). The van der Waals surface area contributed by atoms with Crippen LogP contribution in [0.3, 0.4) is 0 Å². The molecule has 0 N–H and O–H groups in total. The van der Waals surface area contributed by atoms with Crippen LogP contribution >= 0.6 is 0 Å². The maximum atomic E-state index is 13.9. The first-order valence-corrected chi connectivity index (χ1v) is 10.4. The second-order valence-electron chi connectivity index (χ2n) is 7.08. The molecular formula is C20H25FN2O2S. The molecule has 1 aliphatic heterocycles. The van der Waals surface area contributed by atoms with Crippen molar-refractivity contribution in [1.82, 2.24) is 4.31 Å². The maximum Gasteiger partial charge on any atom is 0.243 e. The second kappa shape index (κ2) is 7.76. The van der Waals surface area contributed by atoms with Crippen molar-refractivity contribution in [3.05, 3.63) is 59.9 Å². The first-order chi connectivity index (χ1) is 12.4. The van der Waals surface area contributed by atoms with Gasteiger partial charge in [-0.1, -0.05) is 38.1 Å². The molecule has 0 radical (unpaired) electrons. The number of para-hydroxylation sites is 1. The minimum atomic E-state index is -3.51. The molecular weight excluding hydrogens is 351 g/mol. The Bertz CT molecular complexity index is 842. The Balaban J connectivity index is 1.69. The van der Waals surface area contributed by atoms with Crippen LogP contribution in [0.15, 0.2) is 53.4 Å². The third-order valence-electron chi connectivity index (χ3n) is 4.64. The van der Waals surface area contributed by atoms with Crippen LogP contribution in [0.4, 0.5) is 10.1 Å². The van der Waals surface area contributed by atoms with Crippen LogP contribution in [-0.4, -0.2) is 38.9 Å². The van der Waals surface area contributed by atoms with E-state index in [0.29, 0.717) is 42.7 Å². The molecule has 0 atom stereocenters. The van der Waals surface area contributed by atoms with Gasteiger partial charge in [0.1, 0.15) is 5.82 Å². The summed E-state index contributed by atoms with van der Waals surface area (Å²) in [5.74, 6) is 0.258. The summed E-state index contributed by atoms with van der Waals surface area (Å²) in [5, 5.41) is 0. The third-order valence-corrected chi connectivity index (χ3v) is 6.55. The van der Waals surface area contributed by atoms with Crippen LogP contribution < -0.4 is 4.90 Å². The summed E-state index contributed by atoms with van der Waals surface area (Å²) in [6.45, 7) is 5.94. The molecule has 0 unspecified atom stereocenters. The zero-order valence-electron chi connectivity index (χ0n) is 15.2. The second-order valence-corrected chi connectivity index (χ2v) is 9.02. The Hall–Kier alpha value is -1.92. The summed E-state index contributed by atoms with van der Waals surface area (Å²) < 4.78 is 41.1. The SMILES string of the molecule is CC(C)Cc1ccc(S(=O)(=O)N2CCN(c3ccccc3F)CC2)cc1. The fourth-order valence-electron chi connectivity index (χ4n) is 3.30. The molecule has 6 heteroatoms. The summed E-state index contributed by atoms with van der Waals surface area (Å²) in [5.41, 5.74) is 1.67. The molecule has 0 spiro atoms. The number of sulfonamides is 1. The molecule has 1 heterocycles. The van der Waals surface area contributed by atoms with Crippen LogP contribution in [0.1, 0.15) is 19.4 Å². The van der Waals surface area contributed by atoms with Crippen LogP contribution in [0.25, 0.3) is 0 Å². The van der Waals surface area contributed by atoms with Crippen molar-refractivity contribution in [2.45, 2.75) is 25.2 Å². The third kappa shape index (κ3) is 4.07. The minimum absolute atomic E-state index is 0.274. The van der Waals surface area contributed by atoms with Crippen LogP contribution in [0.2, 0.25) is 0 Å². The van der Waals surface area contributed by atoms with Crippen molar-refractivity contribution in [2.75, 3.05) is 31.1 Å². The minimum Gasteiger partial charge on any atom is -0.367 e. The molecule has 0 aromatic heterocycles. The van der Waals surface area contributed by atoms with Crippen molar-refractivity contribution in [3.63, 3.8) is 0 Å². The fraction of sp³-hybridized carbons (Fsp3) is 0.400. The maximum absolute atomic E-state index is 13.9. The fourth-order valence-corrected chi connectivity index (χ4v) is 4.72. The summed E-state index contributed by atoms with van der Waals surface area (Å²) in [4.78, 5) is 2.22. The molecule has 2 aromatic rings. The summed E-state index contributed by atoms with van der Waals surface area (Å²) in [6.07, 6.45) is 0.932. The normalized spacial score (nSPS) is 16.2. The van der Waals surface area contributed by atoms with Crippen LogP contribution in [0.5, 0.6) is 0 Å². The lowest BCUT2D eigenvalue weighted by Crippen LogP contribution is -2.48.